The zero-order valence-corrected chi connectivity index (χ0v) is 21.7. The predicted octanol–water partition coefficient (Wildman–Crippen LogP) is 6.05. The standard InChI is InChI=1S/C25H42O4Si/c1-18(16-28-17-21-14-12-11-13-15-21)22(29-30(9,10)24(4,5)6)19(2)23(27)25(7,8)20(3)26/h11-15,18-19,22H,16-17H2,1-10H3/t18-,19+,22?/m0/s1. The topological polar surface area (TPSA) is 52.6 Å². The van der Waals surface area contributed by atoms with Gasteiger partial charge in [-0.3, -0.25) is 9.59 Å². The Morgan fingerprint density at radius 3 is 2.00 bits per heavy atom. The maximum absolute atomic E-state index is 13.3. The van der Waals surface area contributed by atoms with Crippen molar-refractivity contribution in [1.29, 1.82) is 0 Å². The maximum Gasteiger partial charge on any atom is 0.192 e. The van der Waals surface area contributed by atoms with E-state index >= 15 is 0 Å². The smallest absolute Gasteiger partial charge is 0.192 e. The first kappa shape index (κ1) is 26.7. The average Bonchev–Trinajstić information content (AvgIpc) is 2.64. The third-order valence-corrected chi connectivity index (χ3v) is 11.2. The third-order valence-electron chi connectivity index (χ3n) is 6.69. The Bertz CT molecular complexity index is 704. The minimum atomic E-state index is -2.12. The molecule has 0 heterocycles. The largest absolute Gasteiger partial charge is 0.413 e. The molecule has 1 aromatic carbocycles. The number of benzene rings is 1. The van der Waals surface area contributed by atoms with Crippen LogP contribution in [0.3, 0.4) is 0 Å². The van der Waals surface area contributed by atoms with Crippen molar-refractivity contribution in [2.24, 2.45) is 17.3 Å². The second kappa shape index (κ2) is 10.3. The average molecular weight is 435 g/mol. The van der Waals surface area contributed by atoms with Gasteiger partial charge in [-0.15, -0.1) is 0 Å². The van der Waals surface area contributed by atoms with Crippen LogP contribution in [0.1, 0.15) is 61.0 Å². The van der Waals surface area contributed by atoms with Gasteiger partial charge in [0.1, 0.15) is 5.78 Å². The highest BCUT2D eigenvalue weighted by molar-refractivity contribution is 6.74. The van der Waals surface area contributed by atoms with E-state index in [2.05, 4.69) is 40.8 Å². The van der Waals surface area contributed by atoms with Crippen molar-refractivity contribution >= 4 is 19.9 Å². The summed E-state index contributed by atoms with van der Waals surface area (Å²) >= 11 is 0. The van der Waals surface area contributed by atoms with Crippen LogP contribution < -0.4 is 0 Å². The number of hydrogen-bond donors (Lipinski definition) is 0. The predicted molar refractivity (Wildman–Crippen MR) is 126 cm³/mol. The molecule has 0 amide bonds. The molecular formula is C25H42O4Si. The number of ketones is 2. The highest BCUT2D eigenvalue weighted by Crippen LogP contribution is 2.40. The van der Waals surface area contributed by atoms with Crippen LogP contribution in [0.15, 0.2) is 30.3 Å². The molecule has 3 atom stereocenters. The molecule has 4 nitrogen and oxygen atoms in total. The molecule has 1 unspecified atom stereocenters. The van der Waals surface area contributed by atoms with Crippen LogP contribution in [0.5, 0.6) is 0 Å². The van der Waals surface area contributed by atoms with Gasteiger partial charge in [0.2, 0.25) is 0 Å². The van der Waals surface area contributed by atoms with E-state index in [1.165, 1.54) is 6.92 Å². The van der Waals surface area contributed by atoms with E-state index in [4.69, 9.17) is 9.16 Å². The molecule has 1 aromatic rings. The minimum absolute atomic E-state index is 0.0181. The lowest BCUT2D eigenvalue weighted by Crippen LogP contribution is -2.51. The number of hydrogen-bond acceptors (Lipinski definition) is 4. The molecule has 0 aliphatic carbocycles. The summed E-state index contributed by atoms with van der Waals surface area (Å²) in [5, 5.41) is 0.0225. The zero-order chi connectivity index (χ0) is 23.3. The molecule has 0 aromatic heterocycles. The summed E-state index contributed by atoms with van der Waals surface area (Å²) < 4.78 is 12.7. The summed E-state index contributed by atoms with van der Waals surface area (Å²) in [6.45, 7) is 20.9. The molecule has 30 heavy (non-hydrogen) atoms. The first-order valence-corrected chi connectivity index (χ1v) is 13.9. The Hall–Kier alpha value is -1.30. The van der Waals surface area contributed by atoms with Gasteiger partial charge in [-0.1, -0.05) is 65.0 Å². The SMILES string of the molecule is CC(=O)C(C)(C)C(=O)[C@H](C)C(O[Si](C)(C)C(C)(C)C)[C@@H](C)COCc1ccccc1. The molecule has 0 N–H and O–H groups in total. The minimum Gasteiger partial charge on any atom is -0.413 e. The number of ether oxygens (including phenoxy) is 1. The number of carbonyl (C=O) groups is 2. The van der Waals surface area contributed by atoms with Crippen LogP contribution in [-0.2, 0) is 25.4 Å². The van der Waals surface area contributed by atoms with Crippen molar-refractivity contribution in [1.82, 2.24) is 0 Å². The summed E-state index contributed by atoms with van der Waals surface area (Å²) in [5.74, 6) is -0.551. The first-order valence-electron chi connectivity index (χ1n) is 11.0. The van der Waals surface area contributed by atoms with Gasteiger partial charge >= 0.3 is 0 Å². The van der Waals surface area contributed by atoms with E-state index in [9.17, 15) is 9.59 Å². The molecule has 0 fully saturated rings. The van der Waals surface area contributed by atoms with Gasteiger partial charge in [-0.05, 0) is 44.5 Å². The Kier molecular flexibility index (Phi) is 9.21. The molecule has 0 bridgehead atoms. The fraction of sp³-hybridized carbons (Fsp3) is 0.680. The monoisotopic (exact) mass is 434 g/mol. The van der Waals surface area contributed by atoms with E-state index in [-0.39, 0.29) is 28.6 Å². The molecule has 0 saturated carbocycles. The van der Waals surface area contributed by atoms with E-state index in [0.29, 0.717) is 13.2 Å². The Balaban J connectivity index is 3.04. The number of rotatable bonds is 11. The van der Waals surface area contributed by atoms with Gasteiger partial charge in [0.25, 0.3) is 0 Å². The second-order valence-electron chi connectivity index (χ2n) is 10.7. The zero-order valence-electron chi connectivity index (χ0n) is 20.7. The van der Waals surface area contributed by atoms with Crippen molar-refractivity contribution in [3.8, 4) is 0 Å². The molecule has 0 aliphatic heterocycles. The molecular weight excluding hydrogens is 392 g/mol. The lowest BCUT2D eigenvalue weighted by Gasteiger charge is -2.43. The van der Waals surface area contributed by atoms with Gasteiger partial charge in [0.05, 0.1) is 24.7 Å². The van der Waals surface area contributed by atoms with Gasteiger partial charge in [-0.2, -0.15) is 0 Å². The summed E-state index contributed by atoms with van der Waals surface area (Å²) in [6.07, 6.45) is -0.298. The molecule has 0 saturated heterocycles. The summed E-state index contributed by atoms with van der Waals surface area (Å²) in [7, 11) is -2.12. The fourth-order valence-electron chi connectivity index (χ4n) is 3.15. The normalized spacial score (nSPS) is 16.1. The molecule has 170 valence electrons. The fourth-order valence-corrected chi connectivity index (χ4v) is 4.62. The lowest BCUT2D eigenvalue weighted by molar-refractivity contribution is -0.143. The van der Waals surface area contributed by atoms with Crippen LogP contribution in [-0.4, -0.2) is 32.6 Å². The Labute approximate surface area is 184 Å². The number of carbonyl (C=O) groups excluding carboxylic acids is 2. The van der Waals surface area contributed by atoms with Crippen molar-refractivity contribution in [3.63, 3.8) is 0 Å². The van der Waals surface area contributed by atoms with Crippen molar-refractivity contribution < 1.29 is 18.8 Å². The Morgan fingerprint density at radius 2 is 1.53 bits per heavy atom. The van der Waals surface area contributed by atoms with E-state index in [1.807, 2.05) is 37.3 Å². The first-order chi connectivity index (χ1) is 13.6. The summed E-state index contributed by atoms with van der Waals surface area (Å²) in [6, 6.07) is 10.1. The van der Waals surface area contributed by atoms with Gasteiger partial charge in [0.15, 0.2) is 14.1 Å². The highest BCUT2D eigenvalue weighted by Gasteiger charge is 2.45. The second-order valence-corrected chi connectivity index (χ2v) is 15.4. The molecule has 1 rings (SSSR count). The molecule has 0 spiro atoms. The van der Waals surface area contributed by atoms with Gasteiger partial charge in [0, 0.05) is 11.8 Å². The molecule has 5 heteroatoms. The van der Waals surface area contributed by atoms with Crippen LogP contribution in [0.25, 0.3) is 0 Å². The van der Waals surface area contributed by atoms with Gasteiger partial charge < -0.3 is 9.16 Å². The van der Waals surface area contributed by atoms with Crippen molar-refractivity contribution in [2.75, 3.05) is 6.61 Å². The number of Topliss-reactive ketones (excluding diaryl/α,β-unsaturated/α-hetero) is 2. The van der Waals surface area contributed by atoms with Crippen LogP contribution in [0, 0.1) is 17.3 Å². The highest BCUT2D eigenvalue weighted by atomic mass is 28.4. The van der Waals surface area contributed by atoms with Crippen LogP contribution in [0.2, 0.25) is 18.1 Å². The van der Waals surface area contributed by atoms with Crippen molar-refractivity contribution in [2.45, 2.75) is 86.2 Å². The Morgan fingerprint density at radius 1 is 1.00 bits per heavy atom. The summed E-state index contributed by atoms with van der Waals surface area (Å²) in [4.78, 5) is 25.4. The van der Waals surface area contributed by atoms with E-state index in [0.717, 1.165) is 5.56 Å². The van der Waals surface area contributed by atoms with Crippen LogP contribution >= 0.6 is 0 Å². The van der Waals surface area contributed by atoms with E-state index < -0.39 is 19.7 Å². The lowest BCUT2D eigenvalue weighted by atomic mass is 9.75. The summed E-state index contributed by atoms with van der Waals surface area (Å²) in [5.41, 5.74) is 0.104. The van der Waals surface area contributed by atoms with Crippen LogP contribution in [0.4, 0.5) is 0 Å². The third kappa shape index (κ3) is 6.86. The van der Waals surface area contributed by atoms with Crippen molar-refractivity contribution in [3.05, 3.63) is 35.9 Å². The quantitative estimate of drug-likeness (QED) is 0.314. The van der Waals surface area contributed by atoms with E-state index in [1.54, 1.807) is 13.8 Å². The van der Waals surface area contributed by atoms with Gasteiger partial charge in [-0.25, -0.2) is 0 Å². The maximum atomic E-state index is 13.3. The molecule has 0 radical (unpaired) electrons. The molecule has 0 aliphatic rings.